The number of nitrogens with zero attached hydrogens (tertiary/aromatic N) is 4. The first-order valence-electron chi connectivity index (χ1n) is 27.3. The molecule has 0 heterocycles. The molecule has 0 amide bonds. The Kier molecular flexibility index (Phi) is 15.7. The molecule has 9 rings (SSSR count). The average Bonchev–Trinajstić information content (AvgIpc) is 3.40. The third kappa shape index (κ3) is 13.3. The minimum absolute atomic E-state index is 0.229. The van der Waals surface area contributed by atoms with Crippen molar-refractivity contribution in [2.45, 2.75) is 144 Å². The average molecular weight is 1040 g/mol. The van der Waals surface area contributed by atoms with Gasteiger partial charge in [0, 0.05) is 25.7 Å². The Morgan fingerprint density at radius 1 is 0.321 bits per heavy atom. The molecule has 8 nitrogen and oxygen atoms in total. The van der Waals surface area contributed by atoms with Gasteiger partial charge in [-0.25, -0.2) is 0 Å². The fourth-order valence-electron chi connectivity index (χ4n) is 9.87. The summed E-state index contributed by atoms with van der Waals surface area (Å²) in [5.41, 5.74) is 15.7. The number of azo groups is 2. The molecule has 8 aromatic carbocycles. The van der Waals surface area contributed by atoms with Gasteiger partial charge in [0.15, 0.2) is 0 Å². The van der Waals surface area contributed by atoms with E-state index >= 15 is 0 Å². The highest BCUT2D eigenvalue weighted by Crippen LogP contribution is 2.44. The monoisotopic (exact) mass is 1040 g/mol. The predicted octanol–water partition coefficient (Wildman–Crippen LogP) is 19.0. The standard InChI is InChI=1S/C70H76N4O4/c1-67(2,3)55-35-47-31-51-39-57(69(7,8)9)41-53(65(51)77-43-45-23-27-61(28-24-45)73-71-59-19-15-13-16-20-59)33-49-37-56(68(4,5)6)38-50(64(49)76)34-54-42-58(70(10,11)12)40-52(32-48(36-55)63(47)75)66(54)78-44-46-25-29-62(30-26-46)74-72-60-21-17-14-18-22-60/h13-30,35-42,75-76H,31-34,43-44H2,1-12H3. The molecule has 0 radical (unpaired) electrons. The van der Waals surface area contributed by atoms with Gasteiger partial charge in [-0.3, -0.25) is 0 Å². The number of hydrogen-bond donors (Lipinski definition) is 2. The van der Waals surface area contributed by atoms with E-state index in [-0.39, 0.29) is 33.2 Å². The van der Waals surface area contributed by atoms with Gasteiger partial charge >= 0.3 is 0 Å². The predicted molar refractivity (Wildman–Crippen MR) is 318 cm³/mol. The lowest BCUT2D eigenvalue weighted by atomic mass is 9.79. The summed E-state index contributed by atoms with van der Waals surface area (Å²) in [7, 11) is 0. The number of benzene rings is 8. The number of ether oxygens (including phenoxy) is 2. The van der Waals surface area contributed by atoms with E-state index in [2.05, 4.69) is 152 Å². The molecule has 400 valence electrons. The summed E-state index contributed by atoms with van der Waals surface area (Å²) in [6.07, 6.45) is 1.63. The first kappa shape index (κ1) is 54.9. The third-order valence-corrected chi connectivity index (χ3v) is 14.7. The Hall–Kier alpha value is -7.84. The van der Waals surface area contributed by atoms with Crippen LogP contribution in [-0.4, -0.2) is 10.2 Å². The van der Waals surface area contributed by atoms with E-state index < -0.39 is 0 Å². The second-order valence-electron chi connectivity index (χ2n) is 25.2. The number of phenolic OH excluding ortho intramolecular Hbond substituents is 2. The van der Waals surface area contributed by atoms with Crippen LogP contribution in [0, 0.1) is 0 Å². The van der Waals surface area contributed by atoms with Crippen LogP contribution in [0.25, 0.3) is 0 Å². The Balaban J connectivity index is 1.20. The second kappa shape index (κ2) is 22.3. The van der Waals surface area contributed by atoms with E-state index in [1.54, 1.807) is 0 Å². The van der Waals surface area contributed by atoms with Gasteiger partial charge in [0.25, 0.3) is 0 Å². The SMILES string of the molecule is CC(C)(C)c1cc2c(O)c(c1)Cc1cc(C(C)(C)C)cc(c1OCc1ccc(N=Nc3ccccc3)cc1)Cc1cc(C(C)(C)C)cc(c1O)Cc1cc(C(C)(C)C)cc(c1OCc1ccc(N=Nc3ccccc3)cc1)C2. The van der Waals surface area contributed by atoms with Gasteiger partial charge in [0.05, 0.1) is 22.7 Å². The van der Waals surface area contributed by atoms with Gasteiger partial charge in [-0.2, -0.15) is 20.5 Å². The highest BCUT2D eigenvalue weighted by atomic mass is 16.5. The highest BCUT2D eigenvalue weighted by molar-refractivity contribution is 5.60. The van der Waals surface area contributed by atoms with Crippen molar-refractivity contribution in [2.24, 2.45) is 20.5 Å². The zero-order valence-electron chi connectivity index (χ0n) is 47.8. The van der Waals surface area contributed by atoms with E-state index in [4.69, 9.17) is 9.47 Å². The van der Waals surface area contributed by atoms with Crippen molar-refractivity contribution in [3.05, 3.63) is 236 Å². The van der Waals surface area contributed by atoms with Crippen molar-refractivity contribution < 1.29 is 19.7 Å². The molecule has 0 aliphatic heterocycles. The van der Waals surface area contributed by atoms with Gasteiger partial charge in [-0.1, -0.05) is 192 Å². The van der Waals surface area contributed by atoms with Crippen molar-refractivity contribution in [2.75, 3.05) is 0 Å². The Bertz CT molecular complexity index is 3150. The number of rotatable bonds is 10. The Morgan fingerprint density at radius 3 is 0.795 bits per heavy atom. The summed E-state index contributed by atoms with van der Waals surface area (Å²) < 4.78 is 14.2. The smallest absolute Gasteiger partial charge is 0.126 e. The summed E-state index contributed by atoms with van der Waals surface area (Å²) in [5, 5.41) is 43.5. The molecule has 0 aromatic heterocycles. The molecule has 0 fully saturated rings. The van der Waals surface area contributed by atoms with E-state index in [0.717, 1.165) is 112 Å². The van der Waals surface area contributed by atoms with Crippen molar-refractivity contribution in [1.29, 1.82) is 0 Å². The van der Waals surface area contributed by atoms with Crippen molar-refractivity contribution in [3.8, 4) is 23.0 Å². The number of phenols is 2. The molecule has 78 heavy (non-hydrogen) atoms. The zero-order chi connectivity index (χ0) is 55.6. The van der Waals surface area contributed by atoms with Gasteiger partial charge in [0.1, 0.15) is 36.2 Å². The van der Waals surface area contributed by atoms with Crippen LogP contribution in [0.2, 0.25) is 0 Å². The lowest BCUT2D eigenvalue weighted by Gasteiger charge is -2.28. The van der Waals surface area contributed by atoms with Gasteiger partial charge in [0.2, 0.25) is 0 Å². The fraction of sp³-hybridized carbons (Fsp3) is 0.314. The van der Waals surface area contributed by atoms with Crippen LogP contribution in [0.5, 0.6) is 23.0 Å². The van der Waals surface area contributed by atoms with Crippen LogP contribution in [0.4, 0.5) is 22.7 Å². The number of fused-ring (bicyclic) bond motifs is 8. The summed E-state index contributed by atoms with van der Waals surface area (Å²) in [4.78, 5) is 0. The summed E-state index contributed by atoms with van der Waals surface area (Å²) in [5.74, 6) is 2.01. The Morgan fingerprint density at radius 2 is 0.551 bits per heavy atom. The third-order valence-electron chi connectivity index (χ3n) is 14.7. The van der Waals surface area contributed by atoms with Crippen LogP contribution >= 0.6 is 0 Å². The highest BCUT2D eigenvalue weighted by Gasteiger charge is 2.29. The molecule has 0 saturated heterocycles. The fourth-order valence-corrected chi connectivity index (χ4v) is 9.87. The lowest BCUT2D eigenvalue weighted by molar-refractivity contribution is 0.300. The molecule has 2 N–H and O–H groups in total. The van der Waals surface area contributed by atoms with Gasteiger partial charge in [-0.05, 0) is 148 Å². The molecule has 0 atom stereocenters. The van der Waals surface area contributed by atoms with Crippen LogP contribution < -0.4 is 9.47 Å². The first-order chi connectivity index (χ1) is 36.9. The summed E-state index contributed by atoms with van der Waals surface area (Å²) >= 11 is 0. The normalized spacial score (nSPS) is 13.3. The molecule has 8 heteroatoms. The molecule has 0 saturated carbocycles. The van der Waals surface area contributed by atoms with Crippen molar-refractivity contribution in [3.63, 3.8) is 0 Å². The maximum Gasteiger partial charge on any atom is 0.126 e. The van der Waals surface area contributed by atoms with Crippen LogP contribution in [0.15, 0.2) is 178 Å². The number of aromatic hydroxyl groups is 2. The van der Waals surface area contributed by atoms with Crippen LogP contribution in [-0.2, 0) is 60.6 Å². The first-order valence-corrected chi connectivity index (χ1v) is 27.3. The lowest BCUT2D eigenvalue weighted by Crippen LogP contribution is -2.16. The second-order valence-corrected chi connectivity index (χ2v) is 25.2. The van der Waals surface area contributed by atoms with Crippen LogP contribution in [0.1, 0.15) is 161 Å². The molecule has 1 aliphatic rings. The Labute approximate surface area is 463 Å². The topological polar surface area (TPSA) is 108 Å². The minimum Gasteiger partial charge on any atom is -0.507 e. The van der Waals surface area contributed by atoms with E-state index in [0.29, 0.717) is 38.9 Å². The molecule has 8 bridgehead atoms. The van der Waals surface area contributed by atoms with Gasteiger partial charge in [-0.15, -0.1) is 0 Å². The maximum absolute atomic E-state index is 12.9. The van der Waals surface area contributed by atoms with E-state index in [9.17, 15) is 10.2 Å². The molecule has 0 spiro atoms. The maximum atomic E-state index is 12.9. The summed E-state index contributed by atoms with van der Waals surface area (Å²) in [6.45, 7) is 27.4. The minimum atomic E-state index is -0.238. The van der Waals surface area contributed by atoms with Crippen LogP contribution in [0.3, 0.4) is 0 Å². The van der Waals surface area contributed by atoms with E-state index in [1.807, 2.05) is 109 Å². The molecule has 0 unspecified atom stereocenters. The summed E-state index contributed by atoms with van der Waals surface area (Å²) in [6, 6.07) is 53.2. The van der Waals surface area contributed by atoms with E-state index in [1.165, 1.54) is 0 Å². The molecule has 1 aliphatic carbocycles. The molecule has 8 aromatic rings. The molecular formula is C70H76N4O4. The number of hydrogen-bond acceptors (Lipinski definition) is 8. The van der Waals surface area contributed by atoms with Crippen molar-refractivity contribution in [1.82, 2.24) is 0 Å². The van der Waals surface area contributed by atoms with Gasteiger partial charge < -0.3 is 19.7 Å². The molecular weight excluding hydrogens is 961 g/mol. The quantitative estimate of drug-likeness (QED) is 0.133. The van der Waals surface area contributed by atoms with Crippen molar-refractivity contribution >= 4 is 22.7 Å². The largest absolute Gasteiger partial charge is 0.507 e. The zero-order valence-corrected chi connectivity index (χ0v) is 47.8.